The van der Waals surface area contributed by atoms with Crippen molar-refractivity contribution >= 4 is 21.1 Å². The highest BCUT2D eigenvalue weighted by atomic mass is 32.2. The molecule has 1 aliphatic heterocycles. The second-order valence-electron chi connectivity index (χ2n) is 7.17. The van der Waals surface area contributed by atoms with Crippen LogP contribution in [0.15, 0.2) is 39.5 Å². The van der Waals surface area contributed by atoms with Crippen LogP contribution in [0.25, 0.3) is 22.1 Å². The summed E-state index contributed by atoms with van der Waals surface area (Å²) in [4.78, 5) is 13.4. The van der Waals surface area contributed by atoms with Crippen molar-refractivity contribution in [3.63, 3.8) is 0 Å². The van der Waals surface area contributed by atoms with Crippen LogP contribution in [0.3, 0.4) is 0 Å². The van der Waals surface area contributed by atoms with Gasteiger partial charge in [-0.2, -0.15) is 8.42 Å². The van der Waals surface area contributed by atoms with E-state index in [1.807, 2.05) is 6.92 Å². The normalized spacial score (nSPS) is 13.8. The molecule has 4 rings (SSSR count). The van der Waals surface area contributed by atoms with E-state index in [2.05, 4.69) is 0 Å². The van der Waals surface area contributed by atoms with E-state index in [4.69, 9.17) is 18.1 Å². The number of rotatable bonds is 4. The maximum absolute atomic E-state index is 13.4. The lowest BCUT2D eigenvalue weighted by Crippen LogP contribution is -2.11. The van der Waals surface area contributed by atoms with Crippen LogP contribution in [0, 0.1) is 6.92 Å². The lowest BCUT2D eigenvalue weighted by Gasteiger charge is -2.13. The van der Waals surface area contributed by atoms with Crippen molar-refractivity contribution in [1.29, 1.82) is 0 Å². The highest BCUT2D eigenvalue weighted by Gasteiger charge is 2.19. The van der Waals surface area contributed by atoms with Crippen LogP contribution in [0.2, 0.25) is 0 Å². The van der Waals surface area contributed by atoms with Gasteiger partial charge in [-0.15, -0.1) is 0 Å². The van der Waals surface area contributed by atoms with E-state index in [0.29, 0.717) is 59.0 Å². The Morgan fingerprint density at radius 1 is 1.07 bits per heavy atom. The summed E-state index contributed by atoms with van der Waals surface area (Å²) in [6.07, 6.45) is 2.26. The molecule has 0 bridgehead atoms. The average molecular weight is 430 g/mol. The van der Waals surface area contributed by atoms with Gasteiger partial charge in [0.25, 0.3) is 0 Å². The molecule has 0 radical (unpaired) electrons. The molecule has 0 atom stereocenters. The molecule has 0 amide bonds. The first-order chi connectivity index (χ1) is 14.3. The standard InChI is InChI=1S/C22H22O7S/c1-4-14-10-16-19(12-18(14)29-30(3,24)25)28-13(2)21(22(16)23)15-6-7-17-20(11-15)27-9-5-8-26-17/h6-7,10-12H,4-5,8-9H2,1-3H3. The van der Waals surface area contributed by atoms with Gasteiger partial charge in [-0.25, -0.2) is 0 Å². The fraction of sp³-hybridized carbons (Fsp3) is 0.318. The molecule has 1 aromatic heterocycles. The number of aryl methyl sites for hydroxylation is 2. The molecule has 0 N–H and O–H groups in total. The third kappa shape index (κ3) is 3.87. The lowest BCUT2D eigenvalue weighted by atomic mass is 10.0. The molecule has 158 valence electrons. The number of benzene rings is 2. The summed E-state index contributed by atoms with van der Waals surface area (Å²) in [5.74, 6) is 1.82. The van der Waals surface area contributed by atoms with Crippen molar-refractivity contribution < 1.29 is 26.5 Å². The number of hydrogen-bond donors (Lipinski definition) is 0. The van der Waals surface area contributed by atoms with Gasteiger partial charge in [0.2, 0.25) is 5.43 Å². The van der Waals surface area contributed by atoms with Crippen molar-refractivity contribution in [3.05, 3.63) is 51.9 Å². The Bertz CT molecular complexity index is 1290. The molecular weight excluding hydrogens is 408 g/mol. The molecule has 0 aliphatic carbocycles. The Morgan fingerprint density at radius 2 is 1.80 bits per heavy atom. The molecule has 30 heavy (non-hydrogen) atoms. The second-order valence-corrected chi connectivity index (χ2v) is 8.75. The summed E-state index contributed by atoms with van der Waals surface area (Å²) < 4.78 is 45.6. The van der Waals surface area contributed by atoms with Gasteiger partial charge in [0.15, 0.2) is 11.5 Å². The zero-order valence-corrected chi connectivity index (χ0v) is 17.8. The van der Waals surface area contributed by atoms with Gasteiger partial charge in [-0.05, 0) is 42.7 Å². The topological polar surface area (TPSA) is 92.0 Å². The van der Waals surface area contributed by atoms with Gasteiger partial charge in [-0.1, -0.05) is 13.0 Å². The maximum atomic E-state index is 13.4. The third-order valence-electron chi connectivity index (χ3n) is 4.91. The molecule has 7 nitrogen and oxygen atoms in total. The smallest absolute Gasteiger partial charge is 0.306 e. The van der Waals surface area contributed by atoms with Crippen LogP contribution in [-0.4, -0.2) is 27.9 Å². The van der Waals surface area contributed by atoms with E-state index in [-0.39, 0.29) is 16.8 Å². The summed E-state index contributed by atoms with van der Waals surface area (Å²) >= 11 is 0. The molecule has 1 aliphatic rings. The lowest BCUT2D eigenvalue weighted by molar-refractivity contribution is 0.297. The molecule has 0 unspecified atom stereocenters. The minimum absolute atomic E-state index is 0.165. The van der Waals surface area contributed by atoms with Crippen LogP contribution in [0.1, 0.15) is 24.7 Å². The Kier molecular flexibility index (Phi) is 5.19. The Hall–Kier alpha value is -3.00. The molecular formula is C22H22O7S. The molecule has 0 spiro atoms. The maximum Gasteiger partial charge on any atom is 0.306 e. The molecule has 3 aromatic rings. The second kappa shape index (κ2) is 7.68. The van der Waals surface area contributed by atoms with Crippen molar-refractivity contribution in [3.8, 4) is 28.4 Å². The third-order valence-corrected chi connectivity index (χ3v) is 5.39. The van der Waals surface area contributed by atoms with Gasteiger partial charge in [-0.3, -0.25) is 4.79 Å². The van der Waals surface area contributed by atoms with E-state index in [9.17, 15) is 13.2 Å². The van der Waals surface area contributed by atoms with Crippen molar-refractivity contribution in [2.24, 2.45) is 0 Å². The highest BCUT2D eigenvalue weighted by Crippen LogP contribution is 2.35. The van der Waals surface area contributed by atoms with E-state index in [1.54, 1.807) is 31.2 Å². The molecule has 0 fully saturated rings. The van der Waals surface area contributed by atoms with Crippen LogP contribution in [-0.2, 0) is 16.5 Å². The van der Waals surface area contributed by atoms with Gasteiger partial charge in [0, 0.05) is 12.5 Å². The summed E-state index contributed by atoms with van der Waals surface area (Å²) in [6.45, 7) is 4.69. The van der Waals surface area contributed by atoms with Gasteiger partial charge in [0.1, 0.15) is 17.1 Å². The minimum Gasteiger partial charge on any atom is -0.490 e. The van der Waals surface area contributed by atoms with Crippen molar-refractivity contribution in [1.82, 2.24) is 0 Å². The number of hydrogen-bond acceptors (Lipinski definition) is 7. The average Bonchev–Trinajstić information content (AvgIpc) is 2.91. The van der Waals surface area contributed by atoms with E-state index in [1.165, 1.54) is 6.07 Å². The zero-order valence-electron chi connectivity index (χ0n) is 17.0. The first-order valence-corrected chi connectivity index (χ1v) is 11.5. The zero-order chi connectivity index (χ0) is 21.5. The number of ether oxygens (including phenoxy) is 2. The van der Waals surface area contributed by atoms with Gasteiger partial charge >= 0.3 is 10.1 Å². The molecule has 8 heteroatoms. The molecule has 2 aromatic carbocycles. The first kappa shape index (κ1) is 20.3. The summed E-state index contributed by atoms with van der Waals surface area (Å²) in [5, 5.41) is 0.361. The summed E-state index contributed by atoms with van der Waals surface area (Å²) in [5.41, 5.74) is 1.77. The molecule has 2 heterocycles. The molecule has 0 saturated heterocycles. The Morgan fingerprint density at radius 3 is 2.50 bits per heavy atom. The number of fused-ring (bicyclic) bond motifs is 2. The predicted molar refractivity (Wildman–Crippen MR) is 113 cm³/mol. The quantitative estimate of drug-likeness (QED) is 0.581. The van der Waals surface area contributed by atoms with Crippen LogP contribution >= 0.6 is 0 Å². The van der Waals surface area contributed by atoms with Crippen LogP contribution < -0.4 is 19.1 Å². The SMILES string of the molecule is CCc1cc2c(=O)c(-c3ccc4c(c3)OCCCO4)c(C)oc2cc1OS(C)(=O)=O. The highest BCUT2D eigenvalue weighted by molar-refractivity contribution is 7.86. The minimum atomic E-state index is -3.71. The van der Waals surface area contributed by atoms with Crippen LogP contribution in [0.5, 0.6) is 17.2 Å². The van der Waals surface area contributed by atoms with Gasteiger partial charge < -0.3 is 18.1 Å². The summed E-state index contributed by atoms with van der Waals surface area (Å²) in [6, 6.07) is 8.47. The van der Waals surface area contributed by atoms with Gasteiger partial charge in [0.05, 0.1) is 30.4 Å². The Labute approximate surface area is 174 Å². The first-order valence-electron chi connectivity index (χ1n) is 9.66. The fourth-order valence-electron chi connectivity index (χ4n) is 3.55. The Balaban J connectivity index is 1.89. The molecule has 0 saturated carbocycles. The van der Waals surface area contributed by atoms with Crippen molar-refractivity contribution in [2.75, 3.05) is 19.5 Å². The monoisotopic (exact) mass is 430 g/mol. The van der Waals surface area contributed by atoms with E-state index < -0.39 is 10.1 Å². The van der Waals surface area contributed by atoms with E-state index in [0.717, 1.165) is 12.7 Å². The van der Waals surface area contributed by atoms with Crippen LogP contribution in [0.4, 0.5) is 0 Å². The predicted octanol–water partition coefficient (Wildman–Crippen LogP) is 3.83. The fourth-order valence-corrected chi connectivity index (χ4v) is 4.03. The summed E-state index contributed by atoms with van der Waals surface area (Å²) in [7, 11) is -3.71. The van der Waals surface area contributed by atoms with Crippen molar-refractivity contribution in [2.45, 2.75) is 26.7 Å². The largest absolute Gasteiger partial charge is 0.490 e. The van der Waals surface area contributed by atoms with E-state index >= 15 is 0 Å².